The number of hydrogen-bond donors (Lipinski definition) is 1. The van der Waals surface area contributed by atoms with Crippen LogP contribution in [0.2, 0.25) is 4.34 Å². The molecule has 0 aliphatic carbocycles. The zero-order valence-electron chi connectivity index (χ0n) is 13.9. The number of ether oxygens (including phenoxy) is 1. The van der Waals surface area contributed by atoms with Gasteiger partial charge >= 0.3 is 0 Å². The third-order valence-corrected chi connectivity index (χ3v) is 5.94. The first-order valence-corrected chi connectivity index (χ1v) is 9.68. The van der Waals surface area contributed by atoms with Gasteiger partial charge in [-0.3, -0.25) is 4.98 Å². The topological polar surface area (TPSA) is 37.4 Å². The molecule has 0 saturated carbocycles. The van der Waals surface area contributed by atoms with Crippen molar-refractivity contribution in [2.75, 3.05) is 12.0 Å². The highest BCUT2D eigenvalue weighted by molar-refractivity contribution is 7.80. The molecule has 1 aliphatic heterocycles. The number of benzene rings is 1. The largest absolute Gasteiger partial charge is 0.495 e. The Balaban J connectivity index is 1.85. The minimum absolute atomic E-state index is 0.0637. The number of aromatic nitrogens is 1. The number of para-hydroxylation sites is 2. The van der Waals surface area contributed by atoms with Crippen molar-refractivity contribution in [2.45, 2.75) is 12.1 Å². The third-order valence-electron chi connectivity index (χ3n) is 4.33. The van der Waals surface area contributed by atoms with Gasteiger partial charge in [0.1, 0.15) is 5.75 Å². The maximum Gasteiger partial charge on any atom is 0.174 e. The second kappa shape index (κ2) is 7.23. The van der Waals surface area contributed by atoms with Crippen molar-refractivity contribution in [1.82, 2.24) is 10.3 Å². The first-order chi connectivity index (χ1) is 12.7. The molecule has 1 saturated heterocycles. The summed E-state index contributed by atoms with van der Waals surface area (Å²) < 4.78 is 6.32. The van der Waals surface area contributed by atoms with Crippen LogP contribution >= 0.6 is 35.2 Å². The lowest BCUT2D eigenvalue weighted by Gasteiger charge is -2.28. The van der Waals surface area contributed by atoms with Gasteiger partial charge in [-0.2, -0.15) is 0 Å². The number of anilines is 1. The number of thiocarbonyl (C=S) groups is 1. The normalized spacial score (nSPS) is 19.5. The van der Waals surface area contributed by atoms with Gasteiger partial charge in [0.2, 0.25) is 0 Å². The van der Waals surface area contributed by atoms with Crippen LogP contribution in [0.1, 0.15) is 22.7 Å². The highest BCUT2D eigenvalue weighted by Gasteiger charge is 2.42. The number of hydrogen-bond acceptors (Lipinski definition) is 4. The standard InChI is InChI=1S/C19H16ClN3OS2/c1-24-14-8-3-2-7-13(14)23-18(15-9-10-16(20)26-15)17(22-19(23)25)12-6-4-5-11-21-12/h2-11,17-18H,1H3,(H,22,25)/t17-,18-/m1/s1. The van der Waals surface area contributed by atoms with Crippen molar-refractivity contribution in [3.63, 3.8) is 0 Å². The molecule has 0 unspecified atom stereocenters. The van der Waals surface area contributed by atoms with E-state index in [0.29, 0.717) is 5.11 Å². The van der Waals surface area contributed by atoms with Crippen molar-refractivity contribution in [2.24, 2.45) is 0 Å². The summed E-state index contributed by atoms with van der Waals surface area (Å²) in [4.78, 5) is 7.75. The Hall–Kier alpha value is -2.15. The molecule has 3 heterocycles. The molecule has 1 fully saturated rings. The average molecular weight is 402 g/mol. The van der Waals surface area contributed by atoms with E-state index in [1.165, 1.54) is 0 Å². The molecule has 4 rings (SSSR count). The quantitative estimate of drug-likeness (QED) is 0.624. The van der Waals surface area contributed by atoms with Crippen molar-refractivity contribution >= 4 is 46.0 Å². The summed E-state index contributed by atoms with van der Waals surface area (Å²) in [6.07, 6.45) is 1.80. The molecule has 0 radical (unpaired) electrons. The predicted molar refractivity (Wildman–Crippen MR) is 110 cm³/mol. The van der Waals surface area contributed by atoms with E-state index in [-0.39, 0.29) is 12.1 Å². The average Bonchev–Trinajstić information content (AvgIpc) is 3.25. The first-order valence-electron chi connectivity index (χ1n) is 8.08. The lowest BCUT2D eigenvalue weighted by Crippen LogP contribution is -2.29. The first kappa shape index (κ1) is 17.3. The van der Waals surface area contributed by atoms with E-state index in [1.54, 1.807) is 24.6 Å². The van der Waals surface area contributed by atoms with E-state index < -0.39 is 0 Å². The molecular weight excluding hydrogens is 386 g/mol. The minimum Gasteiger partial charge on any atom is -0.495 e. The molecule has 1 aliphatic rings. The van der Waals surface area contributed by atoms with Crippen LogP contribution in [0.15, 0.2) is 60.8 Å². The van der Waals surface area contributed by atoms with Crippen LogP contribution in [0.25, 0.3) is 0 Å². The molecule has 0 spiro atoms. The Kier molecular flexibility index (Phi) is 4.80. The Bertz CT molecular complexity index is 931. The lowest BCUT2D eigenvalue weighted by molar-refractivity contribution is 0.414. The number of thiophene rings is 1. The zero-order chi connectivity index (χ0) is 18.1. The van der Waals surface area contributed by atoms with Crippen LogP contribution in [0.5, 0.6) is 5.75 Å². The van der Waals surface area contributed by atoms with E-state index >= 15 is 0 Å². The molecule has 7 heteroatoms. The van der Waals surface area contributed by atoms with Gasteiger partial charge in [-0.1, -0.05) is 29.8 Å². The van der Waals surface area contributed by atoms with Crippen molar-refractivity contribution in [3.05, 3.63) is 75.7 Å². The molecule has 0 bridgehead atoms. The van der Waals surface area contributed by atoms with E-state index in [9.17, 15) is 0 Å². The Morgan fingerprint density at radius 3 is 2.65 bits per heavy atom. The van der Waals surface area contributed by atoms with Crippen LogP contribution in [-0.2, 0) is 0 Å². The summed E-state index contributed by atoms with van der Waals surface area (Å²) >= 11 is 13.5. The summed E-state index contributed by atoms with van der Waals surface area (Å²) in [6.45, 7) is 0. The van der Waals surface area contributed by atoms with Gasteiger partial charge in [0, 0.05) is 11.1 Å². The maximum absolute atomic E-state index is 6.23. The second-order valence-corrected chi connectivity index (χ2v) is 7.94. The van der Waals surface area contributed by atoms with Crippen LogP contribution in [0.4, 0.5) is 5.69 Å². The highest BCUT2D eigenvalue weighted by Crippen LogP contribution is 2.46. The summed E-state index contributed by atoms with van der Waals surface area (Å²) in [7, 11) is 1.67. The maximum atomic E-state index is 6.23. The number of rotatable bonds is 4. The van der Waals surface area contributed by atoms with Crippen LogP contribution in [-0.4, -0.2) is 17.2 Å². The number of nitrogens with one attached hydrogen (secondary N) is 1. The van der Waals surface area contributed by atoms with Gasteiger partial charge in [0.25, 0.3) is 0 Å². The SMILES string of the molecule is COc1ccccc1N1C(=S)N[C@H](c2ccccn2)[C@H]1c1ccc(Cl)s1. The number of nitrogens with zero attached hydrogens (tertiary/aromatic N) is 2. The van der Waals surface area contributed by atoms with Gasteiger partial charge in [-0.15, -0.1) is 11.3 Å². The fraction of sp³-hybridized carbons (Fsp3) is 0.158. The molecule has 1 N–H and O–H groups in total. The smallest absolute Gasteiger partial charge is 0.174 e. The molecule has 3 aromatic rings. The van der Waals surface area contributed by atoms with E-state index in [4.69, 9.17) is 28.6 Å². The molecule has 0 amide bonds. The van der Waals surface area contributed by atoms with Crippen LogP contribution in [0.3, 0.4) is 0 Å². The van der Waals surface area contributed by atoms with Crippen LogP contribution in [0, 0.1) is 0 Å². The summed E-state index contributed by atoms with van der Waals surface area (Å²) in [6, 6.07) is 17.6. The van der Waals surface area contributed by atoms with Gasteiger partial charge in [0.05, 0.1) is 34.9 Å². The Morgan fingerprint density at radius 1 is 1.15 bits per heavy atom. The second-order valence-electron chi connectivity index (χ2n) is 5.81. The Labute approximate surface area is 166 Å². The number of pyridine rings is 1. The molecule has 4 nitrogen and oxygen atoms in total. The molecule has 1 aromatic carbocycles. The molecule has 26 heavy (non-hydrogen) atoms. The predicted octanol–water partition coefficient (Wildman–Crippen LogP) is 4.98. The van der Waals surface area contributed by atoms with Crippen molar-refractivity contribution in [3.8, 4) is 5.75 Å². The molecule has 2 atom stereocenters. The summed E-state index contributed by atoms with van der Waals surface area (Å²) in [5, 5.41) is 4.07. The summed E-state index contributed by atoms with van der Waals surface area (Å²) in [5.41, 5.74) is 1.85. The van der Waals surface area contributed by atoms with Gasteiger partial charge in [-0.25, -0.2) is 0 Å². The molecule has 2 aromatic heterocycles. The summed E-state index contributed by atoms with van der Waals surface area (Å²) in [5.74, 6) is 0.769. The van der Waals surface area contributed by atoms with E-state index in [0.717, 1.165) is 26.3 Å². The van der Waals surface area contributed by atoms with Crippen LogP contribution < -0.4 is 15.0 Å². The van der Waals surface area contributed by atoms with Crippen molar-refractivity contribution in [1.29, 1.82) is 0 Å². The number of methoxy groups -OCH3 is 1. The zero-order valence-corrected chi connectivity index (χ0v) is 16.3. The van der Waals surface area contributed by atoms with Gasteiger partial charge in [0.15, 0.2) is 5.11 Å². The van der Waals surface area contributed by atoms with Gasteiger partial charge < -0.3 is 15.0 Å². The van der Waals surface area contributed by atoms with E-state index in [1.807, 2.05) is 54.6 Å². The fourth-order valence-corrected chi connectivity index (χ4v) is 4.75. The molecule has 132 valence electrons. The minimum atomic E-state index is -0.0803. The fourth-order valence-electron chi connectivity index (χ4n) is 3.22. The van der Waals surface area contributed by atoms with Crippen molar-refractivity contribution < 1.29 is 4.74 Å². The lowest BCUT2D eigenvalue weighted by atomic mass is 10.0. The Morgan fingerprint density at radius 2 is 1.96 bits per heavy atom. The molecular formula is C19H16ClN3OS2. The monoisotopic (exact) mass is 401 g/mol. The number of halogens is 1. The van der Waals surface area contributed by atoms with E-state index in [2.05, 4.69) is 15.2 Å². The highest BCUT2D eigenvalue weighted by atomic mass is 35.5. The third kappa shape index (κ3) is 3.05. The van der Waals surface area contributed by atoms with Gasteiger partial charge in [-0.05, 0) is 48.6 Å².